The van der Waals surface area contributed by atoms with Gasteiger partial charge in [-0.1, -0.05) is 28.1 Å². The monoisotopic (exact) mass is 308 g/mol. The smallest absolute Gasteiger partial charge is 0.344 e. The van der Waals surface area contributed by atoms with Gasteiger partial charge in [-0.25, -0.2) is 4.79 Å². The normalized spacial score (nSPS) is 10.3. The van der Waals surface area contributed by atoms with Gasteiger partial charge < -0.3 is 9.47 Å². The van der Waals surface area contributed by atoms with Gasteiger partial charge in [-0.3, -0.25) is 0 Å². The molecule has 0 N–H and O–H groups in total. The Hall–Kier alpha value is -1.55. The maximum atomic E-state index is 11.2. The van der Waals surface area contributed by atoms with Crippen LogP contribution in [0.2, 0.25) is 0 Å². The molecule has 0 fully saturated rings. The molecule has 0 radical (unpaired) electrons. The molecule has 0 atom stereocenters. The first-order chi connectivity index (χ1) is 8.69. The molecule has 2 rings (SSSR count). The summed E-state index contributed by atoms with van der Waals surface area (Å²) in [6.45, 7) is 2.08. The summed E-state index contributed by atoms with van der Waals surface area (Å²) in [5.41, 5.74) is 0. The molecule has 0 heterocycles. The molecule has 4 heteroatoms. The van der Waals surface area contributed by atoms with Gasteiger partial charge in [-0.15, -0.1) is 0 Å². The number of benzene rings is 2. The Balaban J connectivity index is 2.10. The summed E-state index contributed by atoms with van der Waals surface area (Å²) in [5, 5.41) is 2.19. The molecule has 2 aromatic carbocycles. The summed E-state index contributed by atoms with van der Waals surface area (Å²) >= 11 is 3.43. The van der Waals surface area contributed by atoms with E-state index in [-0.39, 0.29) is 12.6 Å². The number of hydrogen-bond donors (Lipinski definition) is 0. The van der Waals surface area contributed by atoms with Crippen LogP contribution in [0.4, 0.5) is 0 Å². The number of ether oxygens (including phenoxy) is 2. The summed E-state index contributed by atoms with van der Waals surface area (Å²) < 4.78 is 11.2. The molecule has 94 valence electrons. The number of esters is 1. The minimum absolute atomic E-state index is 0.0596. The number of carbonyl (C=O) groups is 1. The first-order valence-electron chi connectivity index (χ1n) is 5.67. The quantitative estimate of drug-likeness (QED) is 0.810. The largest absolute Gasteiger partial charge is 0.482 e. The van der Waals surface area contributed by atoms with Crippen LogP contribution in [0.15, 0.2) is 40.9 Å². The molecular formula is C14H13BrO3. The highest BCUT2D eigenvalue weighted by molar-refractivity contribution is 9.10. The Kier molecular flexibility index (Phi) is 4.20. The summed E-state index contributed by atoms with van der Waals surface area (Å²) in [5.74, 6) is 0.311. The summed E-state index contributed by atoms with van der Waals surface area (Å²) in [4.78, 5) is 11.2. The first kappa shape index (κ1) is 12.9. The van der Waals surface area contributed by atoms with Crippen LogP contribution in [0.3, 0.4) is 0 Å². The van der Waals surface area contributed by atoms with Gasteiger partial charge in [0.15, 0.2) is 6.61 Å². The zero-order valence-electron chi connectivity index (χ0n) is 9.98. The Morgan fingerprint density at radius 3 is 2.67 bits per heavy atom. The summed E-state index contributed by atoms with van der Waals surface area (Å²) in [6, 6.07) is 11.7. The Labute approximate surface area is 114 Å². The second kappa shape index (κ2) is 5.87. The maximum absolute atomic E-state index is 11.2. The molecule has 0 unspecified atom stereocenters. The standard InChI is InChI=1S/C14H13BrO3/c1-2-17-14(16)9-18-13-6-4-10-7-12(15)5-3-11(10)8-13/h3-8H,2,9H2,1H3. The van der Waals surface area contributed by atoms with Gasteiger partial charge in [0.1, 0.15) is 5.75 Å². The summed E-state index contributed by atoms with van der Waals surface area (Å²) in [7, 11) is 0. The number of carbonyl (C=O) groups excluding carboxylic acids is 1. The fourth-order valence-electron chi connectivity index (χ4n) is 1.63. The van der Waals surface area contributed by atoms with E-state index in [0.29, 0.717) is 12.4 Å². The zero-order chi connectivity index (χ0) is 13.0. The molecule has 2 aromatic rings. The van der Waals surface area contributed by atoms with Crippen molar-refractivity contribution in [2.24, 2.45) is 0 Å². The lowest BCUT2D eigenvalue weighted by atomic mass is 10.1. The predicted octanol–water partition coefficient (Wildman–Crippen LogP) is 3.54. The fourth-order valence-corrected chi connectivity index (χ4v) is 2.01. The highest BCUT2D eigenvalue weighted by Crippen LogP contribution is 2.24. The molecular weight excluding hydrogens is 296 g/mol. The minimum atomic E-state index is -0.353. The molecule has 0 aliphatic heterocycles. The third-order valence-corrected chi connectivity index (χ3v) is 2.93. The van der Waals surface area contributed by atoms with Crippen LogP contribution >= 0.6 is 15.9 Å². The lowest BCUT2D eigenvalue weighted by molar-refractivity contribution is -0.145. The van der Waals surface area contributed by atoms with Crippen molar-refractivity contribution in [3.8, 4) is 5.75 Å². The molecule has 3 nitrogen and oxygen atoms in total. The van der Waals surface area contributed by atoms with Crippen molar-refractivity contribution in [1.29, 1.82) is 0 Å². The average Bonchev–Trinajstić information content (AvgIpc) is 2.36. The van der Waals surface area contributed by atoms with E-state index < -0.39 is 0 Å². The van der Waals surface area contributed by atoms with Crippen LogP contribution in [0.5, 0.6) is 5.75 Å². The van der Waals surface area contributed by atoms with Crippen LogP contribution in [0, 0.1) is 0 Å². The van der Waals surface area contributed by atoms with Gasteiger partial charge in [-0.05, 0) is 42.0 Å². The van der Waals surface area contributed by atoms with Crippen molar-refractivity contribution in [2.75, 3.05) is 13.2 Å². The molecule has 0 aliphatic carbocycles. The van der Waals surface area contributed by atoms with Gasteiger partial charge >= 0.3 is 5.97 Å². The SMILES string of the molecule is CCOC(=O)COc1ccc2cc(Br)ccc2c1. The number of rotatable bonds is 4. The third-order valence-electron chi connectivity index (χ3n) is 2.44. The van der Waals surface area contributed by atoms with Gasteiger partial charge in [0.05, 0.1) is 6.61 Å². The number of halogens is 1. The van der Waals surface area contributed by atoms with E-state index in [1.54, 1.807) is 6.92 Å². The van der Waals surface area contributed by atoms with E-state index in [1.165, 1.54) is 0 Å². The molecule has 0 aromatic heterocycles. The second-order valence-corrected chi connectivity index (χ2v) is 4.66. The van der Waals surface area contributed by atoms with Crippen LogP contribution < -0.4 is 4.74 Å². The minimum Gasteiger partial charge on any atom is -0.482 e. The maximum Gasteiger partial charge on any atom is 0.344 e. The Bertz CT molecular complexity index is 566. The van der Waals surface area contributed by atoms with Crippen molar-refractivity contribution in [3.05, 3.63) is 40.9 Å². The number of fused-ring (bicyclic) bond motifs is 1. The molecule has 0 bridgehead atoms. The van der Waals surface area contributed by atoms with Gasteiger partial charge in [-0.2, -0.15) is 0 Å². The highest BCUT2D eigenvalue weighted by atomic mass is 79.9. The first-order valence-corrected chi connectivity index (χ1v) is 6.46. The Morgan fingerprint density at radius 2 is 1.89 bits per heavy atom. The van der Waals surface area contributed by atoms with E-state index in [2.05, 4.69) is 15.9 Å². The van der Waals surface area contributed by atoms with Crippen LogP contribution in [-0.4, -0.2) is 19.2 Å². The van der Waals surface area contributed by atoms with E-state index in [4.69, 9.17) is 9.47 Å². The highest BCUT2D eigenvalue weighted by Gasteiger charge is 2.03. The van der Waals surface area contributed by atoms with Gasteiger partial charge in [0.25, 0.3) is 0 Å². The molecule has 0 aliphatic rings. The van der Waals surface area contributed by atoms with Crippen LogP contribution in [0.25, 0.3) is 10.8 Å². The van der Waals surface area contributed by atoms with Crippen molar-refractivity contribution in [1.82, 2.24) is 0 Å². The molecule has 0 saturated heterocycles. The predicted molar refractivity (Wildman–Crippen MR) is 73.8 cm³/mol. The van der Waals surface area contributed by atoms with E-state index in [9.17, 15) is 4.79 Å². The number of hydrogen-bond acceptors (Lipinski definition) is 3. The average molecular weight is 309 g/mol. The zero-order valence-corrected chi connectivity index (χ0v) is 11.6. The summed E-state index contributed by atoms with van der Waals surface area (Å²) in [6.07, 6.45) is 0. The van der Waals surface area contributed by atoms with Crippen LogP contribution in [-0.2, 0) is 9.53 Å². The lowest BCUT2D eigenvalue weighted by Gasteiger charge is -2.07. The second-order valence-electron chi connectivity index (χ2n) is 3.75. The fraction of sp³-hybridized carbons (Fsp3) is 0.214. The van der Waals surface area contributed by atoms with Crippen molar-refractivity contribution in [3.63, 3.8) is 0 Å². The third kappa shape index (κ3) is 3.23. The molecule has 0 spiro atoms. The van der Waals surface area contributed by atoms with Crippen molar-refractivity contribution >= 4 is 32.7 Å². The van der Waals surface area contributed by atoms with E-state index >= 15 is 0 Å². The van der Waals surface area contributed by atoms with Gasteiger partial charge in [0.2, 0.25) is 0 Å². The molecule has 18 heavy (non-hydrogen) atoms. The lowest BCUT2D eigenvalue weighted by Crippen LogP contribution is -2.14. The van der Waals surface area contributed by atoms with E-state index in [1.807, 2.05) is 36.4 Å². The molecule has 0 saturated carbocycles. The Morgan fingerprint density at radius 1 is 1.17 bits per heavy atom. The van der Waals surface area contributed by atoms with E-state index in [0.717, 1.165) is 15.2 Å². The van der Waals surface area contributed by atoms with Crippen molar-refractivity contribution in [2.45, 2.75) is 6.92 Å². The van der Waals surface area contributed by atoms with Crippen LogP contribution in [0.1, 0.15) is 6.92 Å². The van der Waals surface area contributed by atoms with Crippen molar-refractivity contribution < 1.29 is 14.3 Å². The topological polar surface area (TPSA) is 35.5 Å². The van der Waals surface area contributed by atoms with Gasteiger partial charge in [0, 0.05) is 4.47 Å². The molecule has 0 amide bonds.